The summed E-state index contributed by atoms with van der Waals surface area (Å²) in [7, 11) is 0. The Balaban J connectivity index is 1.80. The minimum Gasteiger partial charge on any atom is -0.312 e. The summed E-state index contributed by atoms with van der Waals surface area (Å²) < 4.78 is 13.0. The van der Waals surface area contributed by atoms with Gasteiger partial charge in [-0.2, -0.15) is 0 Å². The fraction of sp³-hybridized carbons (Fsp3) is 0.538. The first-order valence-corrected chi connectivity index (χ1v) is 6.77. The van der Waals surface area contributed by atoms with Gasteiger partial charge in [-0.25, -0.2) is 4.39 Å². The molecule has 0 atom stereocenters. The van der Waals surface area contributed by atoms with Crippen molar-refractivity contribution in [1.29, 1.82) is 0 Å². The molecule has 0 amide bonds. The van der Waals surface area contributed by atoms with Gasteiger partial charge in [0.2, 0.25) is 0 Å². The van der Waals surface area contributed by atoms with Crippen LogP contribution in [-0.4, -0.2) is 12.4 Å². The van der Waals surface area contributed by atoms with Crippen LogP contribution in [0.3, 0.4) is 0 Å². The number of nitrogens with one attached hydrogen (secondary N) is 1. The van der Waals surface area contributed by atoms with E-state index in [1.165, 1.54) is 18.9 Å². The molecule has 1 aliphatic carbocycles. The third-order valence-electron chi connectivity index (χ3n) is 3.40. The van der Waals surface area contributed by atoms with Gasteiger partial charge < -0.3 is 5.32 Å². The molecule has 0 aliphatic heterocycles. The van der Waals surface area contributed by atoms with Crippen LogP contribution < -0.4 is 5.32 Å². The zero-order valence-electron chi connectivity index (χ0n) is 9.61. The van der Waals surface area contributed by atoms with E-state index in [9.17, 15) is 4.39 Å². The molecule has 0 heterocycles. The lowest BCUT2D eigenvalue weighted by molar-refractivity contribution is 0.445. The van der Waals surface area contributed by atoms with E-state index in [-0.39, 0.29) is 10.8 Å². The molecular formula is C13H16Cl2FN. The molecule has 1 N–H and O–H groups in total. The molecule has 0 aromatic heterocycles. The molecule has 94 valence electrons. The van der Waals surface area contributed by atoms with E-state index in [2.05, 4.69) is 5.32 Å². The van der Waals surface area contributed by atoms with Crippen LogP contribution in [0, 0.1) is 11.2 Å². The van der Waals surface area contributed by atoms with Crippen molar-refractivity contribution in [1.82, 2.24) is 5.32 Å². The van der Waals surface area contributed by atoms with Gasteiger partial charge in [-0.15, -0.1) is 11.6 Å². The first kappa shape index (κ1) is 13.1. The maximum atomic E-state index is 13.0. The summed E-state index contributed by atoms with van der Waals surface area (Å²) in [5.41, 5.74) is 1.43. The average molecular weight is 276 g/mol. The summed E-state index contributed by atoms with van der Waals surface area (Å²) in [4.78, 5) is 0. The van der Waals surface area contributed by atoms with E-state index in [1.54, 1.807) is 12.1 Å². The molecular weight excluding hydrogens is 260 g/mol. The molecule has 1 nitrogen and oxygen atoms in total. The van der Waals surface area contributed by atoms with E-state index in [0.29, 0.717) is 5.41 Å². The number of hydrogen-bond donors (Lipinski definition) is 1. The standard InChI is InChI=1S/C13H16Cl2FN/c14-6-5-13(3-4-13)9-17-8-10-1-2-12(16)11(15)7-10/h1-2,7,17H,3-6,8-9H2. The third kappa shape index (κ3) is 3.57. The van der Waals surface area contributed by atoms with Crippen LogP contribution in [-0.2, 0) is 6.54 Å². The summed E-state index contributed by atoms with van der Waals surface area (Å²) in [6.45, 7) is 1.71. The van der Waals surface area contributed by atoms with Gasteiger partial charge in [-0.3, -0.25) is 0 Å². The zero-order valence-corrected chi connectivity index (χ0v) is 11.1. The van der Waals surface area contributed by atoms with E-state index in [1.807, 2.05) is 0 Å². The highest BCUT2D eigenvalue weighted by Crippen LogP contribution is 2.48. The van der Waals surface area contributed by atoms with Crippen LogP contribution in [0.25, 0.3) is 0 Å². The lowest BCUT2D eigenvalue weighted by Gasteiger charge is -2.14. The minimum absolute atomic E-state index is 0.186. The highest BCUT2D eigenvalue weighted by atomic mass is 35.5. The van der Waals surface area contributed by atoms with Crippen LogP contribution in [0.15, 0.2) is 18.2 Å². The Morgan fingerprint density at radius 3 is 2.71 bits per heavy atom. The molecule has 2 rings (SSSR count). The van der Waals surface area contributed by atoms with Crippen molar-refractivity contribution >= 4 is 23.2 Å². The second-order valence-electron chi connectivity index (χ2n) is 4.79. The van der Waals surface area contributed by atoms with Crippen molar-refractivity contribution in [2.45, 2.75) is 25.8 Å². The van der Waals surface area contributed by atoms with Crippen LogP contribution in [0.5, 0.6) is 0 Å². The van der Waals surface area contributed by atoms with E-state index in [4.69, 9.17) is 23.2 Å². The van der Waals surface area contributed by atoms with Gasteiger partial charge in [-0.05, 0) is 42.4 Å². The van der Waals surface area contributed by atoms with Gasteiger partial charge in [0, 0.05) is 19.0 Å². The number of alkyl halides is 1. The largest absolute Gasteiger partial charge is 0.312 e. The van der Waals surface area contributed by atoms with Crippen molar-refractivity contribution in [3.8, 4) is 0 Å². The quantitative estimate of drug-likeness (QED) is 0.775. The Hall–Kier alpha value is -0.310. The third-order valence-corrected chi connectivity index (χ3v) is 3.87. The Morgan fingerprint density at radius 2 is 2.12 bits per heavy atom. The second kappa shape index (κ2) is 5.55. The van der Waals surface area contributed by atoms with Gasteiger partial charge in [0.1, 0.15) is 5.82 Å². The molecule has 0 saturated heterocycles. The van der Waals surface area contributed by atoms with Crippen molar-refractivity contribution in [2.75, 3.05) is 12.4 Å². The Labute approximate surface area is 111 Å². The van der Waals surface area contributed by atoms with Gasteiger partial charge in [0.05, 0.1) is 5.02 Å². The fourth-order valence-electron chi connectivity index (χ4n) is 2.01. The summed E-state index contributed by atoms with van der Waals surface area (Å²) in [5.74, 6) is 0.362. The molecule has 17 heavy (non-hydrogen) atoms. The number of rotatable bonds is 6. The smallest absolute Gasteiger partial charge is 0.141 e. The van der Waals surface area contributed by atoms with Gasteiger partial charge in [0.25, 0.3) is 0 Å². The van der Waals surface area contributed by atoms with Crippen LogP contribution >= 0.6 is 23.2 Å². The van der Waals surface area contributed by atoms with Gasteiger partial charge in [0.15, 0.2) is 0 Å². The Morgan fingerprint density at radius 1 is 1.35 bits per heavy atom. The topological polar surface area (TPSA) is 12.0 Å². The second-order valence-corrected chi connectivity index (χ2v) is 5.58. The van der Waals surface area contributed by atoms with Crippen molar-refractivity contribution in [2.24, 2.45) is 5.41 Å². The first-order valence-electron chi connectivity index (χ1n) is 5.86. The minimum atomic E-state index is -0.365. The van der Waals surface area contributed by atoms with Crippen LogP contribution in [0.4, 0.5) is 4.39 Å². The number of benzene rings is 1. The van der Waals surface area contributed by atoms with E-state index in [0.717, 1.165) is 31.0 Å². The lowest BCUT2D eigenvalue weighted by atomic mass is 10.0. The molecule has 0 unspecified atom stereocenters. The molecule has 1 saturated carbocycles. The first-order chi connectivity index (χ1) is 8.15. The molecule has 1 aliphatic rings. The van der Waals surface area contributed by atoms with E-state index >= 15 is 0 Å². The van der Waals surface area contributed by atoms with Gasteiger partial charge >= 0.3 is 0 Å². The number of halogens is 3. The highest BCUT2D eigenvalue weighted by Gasteiger charge is 2.40. The molecule has 4 heteroatoms. The summed E-state index contributed by atoms with van der Waals surface area (Å²) in [6, 6.07) is 4.84. The summed E-state index contributed by atoms with van der Waals surface area (Å²) in [5, 5.41) is 3.58. The van der Waals surface area contributed by atoms with Gasteiger partial charge in [-0.1, -0.05) is 17.7 Å². The monoisotopic (exact) mass is 275 g/mol. The van der Waals surface area contributed by atoms with Crippen molar-refractivity contribution < 1.29 is 4.39 Å². The zero-order chi connectivity index (χ0) is 12.3. The maximum absolute atomic E-state index is 13.0. The summed E-state index contributed by atoms with van der Waals surface area (Å²) >= 11 is 11.5. The Bertz CT molecular complexity index is 391. The Kier molecular flexibility index (Phi) is 4.29. The van der Waals surface area contributed by atoms with Crippen molar-refractivity contribution in [3.63, 3.8) is 0 Å². The normalized spacial score (nSPS) is 17.1. The van der Waals surface area contributed by atoms with Crippen molar-refractivity contribution in [3.05, 3.63) is 34.6 Å². The molecule has 0 radical (unpaired) electrons. The average Bonchev–Trinajstić information content (AvgIpc) is 3.04. The highest BCUT2D eigenvalue weighted by molar-refractivity contribution is 6.30. The fourth-order valence-corrected chi connectivity index (χ4v) is 2.62. The SMILES string of the molecule is Fc1ccc(CNCC2(CCCl)CC2)cc1Cl. The van der Waals surface area contributed by atoms with Crippen LogP contribution in [0.2, 0.25) is 5.02 Å². The van der Waals surface area contributed by atoms with Crippen LogP contribution in [0.1, 0.15) is 24.8 Å². The maximum Gasteiger partial charge on any atom is 0.141 e. The number of hydrogen-bond acceptors (Lipinski definition) is 1. The lowest BCUT2D eigenvalue weighted by Crippen LogP contribution is -2.24. The molecule has 1 aromatic carbocycles. The van der Waals surface area contributed by atoms with E-state index < -0.39 is 0 Å². The predicted octanol–water partition coefficient (Wildman–Crippen LogP) is 3.98. The molecule has 0 spiro atoms. The predicted molar refractivity (Wildman–Crippen MR) is 70.1 cm³/mol. The molecule has 1 aromatic rings. The molecule has 1 fully saturated rings. The molecule has 0 bridgehead atoms. The summed E-state index contributed by atoms with van der Waals surface area (Å²) in [6.07, 6.45) is 3.60.